The molecule has 0 bridgehead atoms. The quantitative estimate of drug-likeness (QED) is 0.908. The molecule has 0 aliphatic heterocycles. The monoisotopic (exact) mass is 249 g/mol. The maximum atomic E-state index is 13.1. The Balaban J connectivity index is 2.35. The smallest absolute Gasteiger partial charge is 0.159 e. The molecule has 3 nitrogen and oxygen atoms in total. The molecule has 2 N–H and O–H groups in total. The number of nitrogens with two attached hydrogens (primary N) is 1. The minimum Gasteiger partial charge on any atom is -0.328 e. The largest absolute Gasteiger partial charge is 0.328 e. The van der Waals surface area contributed by atoms with Crippen molar-refractivity contribution in [1.29, 1.82) is 0 Å². The summed E-state index contributed by atoms with van der Waals surface area (Å²) in [6.45, 7) is 1.85. The van der Waals surface area contributed by atoms with Crippen molar-refractivity contribution in [3.8, 4) is 11.3 Å². The molecule has 0 spiro atoms. The van der Waals surface area contributed by atoms with Crippen molar-refractivity contribution in [1.82, 2.24) is 9.97 Å². The van der Waals surface area contributed by atoms with Crippen LogP contribution in [0.2, 0.25) is 0 Å². The summed E-state index contributed by atoms with van der Waals surface area (Å²) < 4.78 is 26.0. The van der Waals surface area contributed by atoms with E-state index in [1.807, 2.05) is 6.92 Å². The zero-order valence-electron chi connectivity index (χ0n) is 9.90. The number of nitrogens with zero attached hydrogens (tertiary/aromatic N) is 2. The summed E-state index contributed by atoms with van der Waals surface area (Å²) in [6.07, 6.45) is 2.12. The van der Waals surface area contributed by atoms with E-state index in [0.29, 0.717) is 23.5 Å². The highest BCUT2D eigenvalue weighted by atomic mass is 19.2. The van der Waals surface area contributed by atoms with Crippen molar-refractivity contribution >= 4 is 0 Å². The summed E-state index contributed by atoms with van der Waals surface area (Å²) in [7, 11) is 0. The molecule has 94 valence electrons. The van der Waals surface area contributed by atoms with E-state index in [2.05, 4.69) is 9.97 Å². The van der Waals surface area contributed by atoms with Gasteiger partial charge in [-0.05, 0) is 31.2 Å². The Morgan fingerprint density at radius 2 is 2.00 bits per heavy atom. The molecule has 0 saturated carbocycles. The normalized spacial score (nSPS) is 12.4. The zero-order chi connectivity index (χ0) is 13.1. The molecule has 1 unspecified atom stereocenters. The van der Waals surface area contributed by atoms with Crippen LogP contribution in [-0.2, 0) is 6.42 Å². The van der Waals surface area contributed by atoms with E-state index in [4.69, 9.17) is 5.73 Å². The minimum absolute atomic E-state index is 0.0507. The molecule has 0 radical (unpaired) electrons. The van der Waals surface area contributed by atoms with Crippen molar-refractivity contribution < 1.29 is 8.78 Å². The minimum atomic E-state index is -0.889. The molecule has 2 aromatic rings. The van der Waals surface area contributed by atoms with Gasteiger partial charge in [0.1, 0.15) is 5.82 Å². The topological polar surface area (TPSA) is 51.8 Å². The van der Waals surface area contributed by atoms with Gasteiger partial charge in [0.2, 0.25) is 0 Å². The van der Waals surface area contributed by atoms with E-state index in [-0.39, 0.29) is 6.04 Å². The Bertz CT molecular complexity index is 556. The highest BCUT2D eigenvalue weighted by Gasteiger charge is 2.07. The van der Waals surface area contributed by atoms with E-state index < -0.39 is 11.6 Å². The first-order chi connectivity index (χ1) is 8.56. The lowest BCUT2D eigenvalue weighted by Crippen LogP contribution is -2.19. The van der Waals surface area contributed by atoms with Gasteiger partial charge in [0.15, 0.2) is 11.6 Å². The molecule has 18 heavy (non-hydrogen) atoms. The number of hydrogen-bond donors (Lipinski definition) is 1. The van der Waals surface area contributed by atoms with Gasteiger partial charge in [0.25, 0.3) is 0 Å². The van der Waals surface area contributed by atoms with Crippen LogP contribution in [0.5, 0.6) is 0 Å². The van der Waals surface area contributed by atoms with Crippen LogP contribution in [0.25, 0.3) is 11.3 Å². The highest BCUT2D eigenvalue weighted by molar-refractivity contribution is 5.58. The van der Waals surface area contributed by atoms with Gasteiger partial charge in [-0.15, -0.1) is 0 Å². The molecule has 0 aliphatic carbocycles. The lowest BCUT2D eigenvalue weighted by Gasteiger charge is -2.06. The molecule has 1 atom stereocenters. The molecular formula is C13H13F2N3. The van der Waals surface area contributed by atoms with Gasteiger partial charge < -0.3 is 5.73 Å². The number of halogens is 2. The molecule has 1 aromatic heterocycles. The molecule has 0 amide bonds. The molecule has 1 aromatic carbocycles. The van der Waals surface area contributed by atoms with Crippen molar-refractivity contribution in [3.05, 3.63) is 47.9 Å². The predicted molar refractivity (Wildman–Crippen MR) is 64.7 cm³/mol. The molecule has 2 rings (SSSR count). The maximum Gasteiger partial charge on any atom is 0.159 e. The van der Waals surface area contributed by atoms with Gasteiger partial charge in [0.05, 0.1) is 5.69 Å². The Morgan fingerprint density at radius 3 is 2.67 bits per heavy atom. The third kappa shape index (κ3) is 2.87. The second-order valence-corrected chi connectivity index (χ2v) is 4.17. The van der Waals surface area contributed by atoms with E-state index in [1.165, 1.54) is 6.07 Å². The van der Waals surface area contributed by atoms with Gasteiger partial charge in [-0.3, -0.25) is 0 Å². The fourth-order valence-electron chi connectivity index (χ4n) is 1.60. The number of rotatable bonds is 3. The molecule has 0 aliphatic rings. The average molecular weight is 249 g/mol. The lowest BCUT2D eigenvalue weighted by atomic mass is 10.1. The second kappa shape index (κ2) is 5.18. The third-order valence-corrected chi connectivity index (χ3v) is 2.43. The number of aromatic nitrogens is 2. The summed E-state index contributed by atoms with van der Waals surface area (Å²) in [4.78, 5) is 8.36. The fraction of sp³-hybridized carbons (Fsp3) is 0.231. The predicted octanol–water partition coefficient (Wildman–Crippen LogP) is 2.31. The average Bonchev–Trinajstić information content (AvgIpc) is 2.32. The Labute approximate surface area is 104 Å². The molecular weight excluding hydrogens is 236 g/mol. The van der Waals surface area contributed by atoms with Crippen LogP contribution < -0.4 is 5.73 Å². The van der Waals surface area contributed by atoms with Crippen LogP contribution >= 0.6 is 0 Å². The van der Waals surface area contributed by atoms with E-state index in [0.717, 1.165) is 12.1 Å². The van der Waals surface area contributed by atoms with Crippen molar-refractivity contribution in [2.24, 2.45) is 5.73 Å². The number of benzene rings is 1. The number of hydrogen-bond acceptors (Lipinski definition) is 3. The SMILES string of the molecule is CC(N)Cc1nccc(-c2ccc(F)c(F)c2)n1. The summed E-state index contributed by atoms with van der Waals surface area (Å²) in [6, 6.07) is 5.28. The van der Waals surface area contributed by atoms with Crippen LogP contribution in [-0.4, -0.2) is 16.0 Å². The van der Waals surface area contributed by atoms with Crippen LogP contribution in [0, 0.1) is 11.6 Å². The molecule has 1 heterocycles. The zero-order valence-corrected chi connectivity index (χ0v) is 9.90. The Hall–Kier alpha value is -1.88. The molecule has 5 heteroatoms. The first-order valence-electron chi connectivity index (χ1n) is 5.59. The van der Waals surface area contributed by atoms with E-state index in [9.17, 15) is 8.78 Å². The van der Waals surface area contributed by atoms with Gasteiger partial charge >= 0.3 is 0 Å². The highest BCUT2D eigenvalue weighted by Crippen LogP contribution is 2.19. The summed E-state index contributed by atoms with van der Waals surface area (Å²) in [5.41, 5.74) is 6.74. The van der Waals surface area contributed by atoms with Crippen molar-refractivity contribution in [2.75, 3.05) is 0 Å². The lowest BCUT2D eigenvalue weighted by molar-refractivity contribution is 0.509. The standard InChI is InChI=1S/C13H13F2N3/c1-8(16)6-13-17-5-4-12(18-13)9-2-3-10(14)11(15)7-9/h2-5,7-8H,6,16H2,1H3. The van der Waals surface area contributed by atoms with Crippen LogP contribution in [0.3, 0.4) is 0 Å². The van der Waals surface area contributed by atoms with Gasteiger partial charge in [-0.2, -0.15) is 0 Å². The molecule has 0 fully saturated rings. The fourth-order valence-corrected chi connectivity index (χ4v) is 1.60. The Kier molecular flexibility index (Phi) is 3.62. The summed E-state index contributed by atoms with van der Waals surface area (Å²) in [5, 5.41) is 0. The first kappa shape index (κ1) is 12.6. The van der Waals surface area contributed by atoms with Crippen LogP contribution in [0.1, 0.15) is 12.7 Å². The Morgan fingerprint density at radius 1 is 1.22 bits per heavy atom. The van der Waals surface area contributed by atoms with E-state index in [1.54, 1.807) is 12.3 Å². The van der Waals surface area contributed by atoms with Gasteiger partial charge in [0, 0.05) is 24.2 Å². The van der Waals surface area contributed by atoms with Gasteiger partial charge in [-0.1, -0.05) is 0 Å². The van der Waals surface area contributed by atoms with Crippen LogP contribution in [0.15, 0.2) is 30.5 Å². The molecule has 0 saturated heterocycles. The summed E-state index contributed by atoms with van der Waals surface area (Å²) >= 11 is 0. The third-order valence-electron chi connectivity index (χ3n) is 2.43. The van der Waals surface area contributed by atoms with Crippen LogP contribution in [0.4, 0.5) is 8.78 Å². The van der Waals surface area contributed by atoms with Gasteiger partial charge in [-0.25, -0.2) is 18.7 Å². The van der Waals surface area contributed by atoms with Crippen molar-refractivity contribution in [2.45, 2.75) is 19.4 Å². The summed E-state index contributed by atoms with van der Waals surface area (Å²) in [5.74, 6) is -1.17. The maximum absolute atomic E-state index is 13.1. The first-order valence-corrected chi connectivity index (χ1v) is 5.59. The van der Waals surface area contributed by atoms with Crippen molar-refractivity contribution in [3.63, 3.8) is 0 Å². The van der Waals surface area contributed by atoms with E-state index >= 15 is 0 Å². The second-order valence-electron chi connectivity index (χ2n) is 4.17.